The molecule has 0 fully saturated rings. The van der Waals surface area contributed by atoms with E-state index in [0.29, 0.717) is 22.2 Å². The van der Waals surface area contributed by atoms with E-state index in [1.165, 1.54) is 16.7 Å². The average Bonchev–Trinajstić information content (AvgIpc) is 2.76. The summed E-state index contributed by atoms with van der Waals surface area (Å²) in [6, 6.07) is 14.8. The molecule has 1 heterocycles. The predicted molar refractivity (Wildman–Crippen MR) is 125 cm³/mol. The maximum Gasteiger partial charge on any atom is 0.337 e. The SMILES string of the molecule is Cc1cc(C(C)Nc2ccccc2C(=O)O)c2cc(-c3ccc(F)cc3F)n(C)c(=O)c2c1. The lowest BCUT2D eigenvalue weighted by Crippen LogP contribution is -2.20. The third-order valence-electron chi connectivity index (χ3n) is 5.74. The van der Waals surface area contributed by atoms with E-state index in [0.717, 1.165) is 23.3 Å². The van der Waals surface area contributed by atoms with Gasteiger partial charge in [0.05, 0.1) is 11.3 Å². The average molecular weight is 448 g/mol. The molecule has 3 aromatic carbocycles. The smallest absolute Gasteiger partial charge is 0.337 e. The number of pyridine rings is 1. The summed E-state index contributed by atoms with van der Waals surface area (Å²) in [7, 11) is 1.55. The summed E-state index contributed by atoms with van der Waals surface area (Å²) in [6.07, 6.45) is 0. The third-order valence-corrected chi connectivity index (χ3v) is 5.74. The number of benzene rings is 3. The standard InChI is InChI=1S/C26H22F2N2O3/c1-14-10-19(15(2)29-23-7-5-4-6-18(23)26(32)33)20-13-24(30(3)25(31)21(20)11-14)17-9-8-16(27)12-22(17)28/h4-13,15,29H,1-3H3,(H,32,33). The number of anilines is 1. The Balaban J connectivity index is 1.91. The van der Waals surface area contributed by atoms with Crippen LogP contribution in [0, 0.1) is 18.6 Å². The van der Waals surface area contributed by atoms with Crippen LogP contribution in [0.4, 0.5) is 14.5 Å². The minimum atomic E-state index is -1.05. The van der Waals surface area contributed by atoms with Gasteiger partial charge in [-0.3, -0.25) is 4.79 Å². The second kappa shape index (κ2) is 8.50. The largest absolute Gasteiger partial charge is 0.478 e. The normalized spacial score (nSPS) is 12.0. The minimum absolute atomic E-state index is 0.112. The van der Waals surface area contributed by atoms with Crippen molar-refractivity contribution < 1.29 is 18.7 Å². The molecule has 0 amide bonds. The van der Waals surface area contributed by atoms with Crippen LogP contribution >= 0.6 is 0 Å². The molecule has 1 atom stereocenters. The molecule has 0 saturated heterocycles. The highest BCUT2D eigenvalue weighted by atomic mass is 19.1. The second-order valence-electron chi connectivity index (χ2n) is 8.05. The second-order valence-corrected chi connectivity index (χ2v) is 8.05. The summed E-state index contributed by atoms with van der Waals surface area (Å²) < 4.78 is 29.4. The van der Waals surface area contributed by atoms with E-state index < -0.39 is 17.6 Å². The summed E-state index contributed by atoms with van der Waals surface area (Å²) in [5, 5.41) is 13.8. The number of nitrogens with one attached hydrogen (secondary N) is 1. The van der Waals surface area contributed by atoms with Crippen LogP contribution < -0.4 is 10.9 Å². The van der Waals surface area contributed by atoms with Gasteiger partial charge in [0, 0.05) is 35.8 Å². The van der Waals surface area contributed by atoms with E-state index in [1.807, 2.05) is 19.9 Å². The van der Waals surface area contributed by atoms with Crippen molar-refractivity contribution in [1.82, 2.24) is 4.57 Å². The number of para-hydroxylation sites is 1. The lowest BCUT2D eigenvalue weighted by atomic mass is 9.95. The molecule has 0 bridgehead atoms. The summed E-state index contributed by atoms with van der Waals surface area (Å²) >= 11 is 0. The number of halogens is 2. The van der Waals surface area contributed by atoms with Crippen LogP contribution in [0.15, 0.2) is 65.5 Å². The quantitative estimate of drug-likeness (QED) is 0.413. The lowest BCUT2D eigenvalue weighted by Gasteiger charge is -2.21. The van der Waals surface area contributed by atoms with Gasteiger partial charge in [0.1, 0.15) is 11.6 Å². The van der Waals surface area contributed by atoms with Crippen molar-refractivity contribution in [2.45, 2.75) is 19.9 Å². The Kier molecular flexibility index (Phi) is 5.72. The molecular formula is C26H22F2N2O3. The zero-order valence-corrected chi connectivity index (χ0v) is 18.3. The summed E-state index contributed by atoms with van der Waals surface area (Å²) in [4.78, 5) is 24.8. The molecule has 4 rings (SSSR count). The molecule has 1 aromatic heterocycles. The third kappa shape index (κ3) is 4.09. The number of hydrogen-bond donors (Lipinski definition) is 2. The number of rotatable bonds is 5. The first kappa shape index (κ1) is 22.2. The monoisotopic (exact) mass is 448 g/mol. The zero-order valence-electron chi connectivity index (χ0n) is 18.3. The maximum absolute atomic E-state index is 14.6. The molecule has 0 saturated carbocycles. The summed E-state index contributed by atoms with van der Waals surface area (Å²) in [6.45, 7) is 3.73. The zero-order chi connectivity index (χ0) is 23.9. The number of aromatic carboxylic acids is 1. The van der Waals surface area contributed by atoms with Crippen LogP contribution in [0.1, 0.15) is 34.5 Å². The fraction of sp³-hybridized carbons (Fsp3) is 0.154. The van der Waals surface area contributed by atoms with Gasteiger partial charge < -0.3 is 15.0 Å². The number of carbonyl (C=O) groups is 1. The molecule has 2 N–H and O–H groups in total. The first-order valence-electron chi connectivity index (χ1n) is 10.4. The number of aryl methyl sites for hydroxylation is 1. The van der Waals surface area contributed by atoms with Crippen molar-refractivity contribution in [2.24, 2.45) is 7.05 Å². The topological polar surface area (TPSA) is 71.3 Å². The number of aromatic nitrogens is 1. The Morgan fingerprint density at radius 3 is 2.45 bits per heavy atom. The Labute approximate surface area is 188 Å². The minimum Gasteiger partial charge on any atom is -0.478 e. The van der Waals surface area contributed by atoms with Crippen molar-refractivity contribution in [2.75, 3.05) is 5.32 Å². The lowest BCUT2D eigenvalue weighted by molar-refractivity contribution is 0.0698. The maximum atomic E-state index is 14.6. The summed E-state index contributed by atoms with van der Waals surface area (Å²) in [5.74, 6) is -2.52. The van der Waals surface area contributed by atoms with E-state index in [-0.39, 0.29) is 22.7 Å². The molecule has 0 aliphatic carbocycles. The van der Waals surface area contributed by atoms with Gasteiger partial charge in [0.2, 0.25) is 0 Å². The number of hydrogen-bond acceptors (Lipinski definition) is 3. The van der Waals surface area contributed by atoms with Gasteiger partial charge in [-0.05, 0) is 66.8 Å². The molecule has 0 spiro atoms. The fourth-order valence-corrected chi connectivity index (χ4v) is 4.11. The van der Waals surface area contributed by atoms with Gasteiger partial charge >= 0.3 is 5.97 Å². The van der Waals surface area contributed by atoms with E-state index in [1.54, 1.807) is 37.4 Å². The van der Waals surface area contributed by atoms with Gasteiger partial charge in [0.15, 0.2) is 0 Å². The molecule has 0 aliphatic rings. The van der Waals surface area contributed by atoms with Crippen molar-refractivity contribution in [3.63, 3.8) is 0 Å². The Morgan fingerprint density at radius 2 is 1.76 bits per heavy atom. The molecule has 33 heavy (non-hydrogen) atoms. The van der Waals surface area contributed by atoms with Crippen LogP contribution in [0.2, 0.25) is 0 Å². The van der Waals surface area contributed by atoms with E-state index in [9.17, 15) is 23.5 Å². The number of nitrogens with zero attached hydrogens (tertiary/aromatic N) is 1. The highest BCUT2D eigenvalue weighted by molar-refractivity contribution is 5.94. The Hall–Kier alpha value is -4.00. The van der Waals surface area contributed by atoms with Crippen LogP contribution in [0.5, 0.6) is 0 Å². The van der Waals surface area contributed by atoms with Gasteiger partial charge in [-0.15, -0.1) is 0 Å². The Morgan fingerprint density at radius 1 is 1.03 bits per heavy atom. The highest BCUT2D eigenvalue weighted by Gasteiger charge is 2.19. The fourth-order valence-electron chi connectivity index (χ4n) is 4.11. The van der Waals surface area contributed by atoms with E-state index in [2.05, 4.69) is 5.32 Å². The first-order chi connectivity index (χ1) is 15.7. The molecule has 4 aromatic rings. The van der Waals surface area contributed by atoms with E-state index in [4.69, 9.17) is 0 Å². The molecule has 5 nitrogen and oxygen atoms in total. The molecule has 7 heteroatoms. The molecule has 0 aliphatic heterocycles. The van der Waals surface area contributed by atoms with E-state index >= 15 is 0 Å². The van der Waals surface area contributed by atoms with Crippen LogP contribution in [0.25, 0.3) is 22.0 Å². The van der Waals surface area contributed by atoms with Gasteiger partial charge in [-0.1, -0.05) is 18.2 Å². The van der Waals surface area contributed by atoms with Crippen LogP contribution in [0.3, 0.4) is 0 Å². The molecular weight excluding hydrogens is 426 g/mol. The molecule has 1 unspecified atom stereocenters. The molecule has 168 valence electrons. The number of carboxylic acid groups (broad SMARTS) is 1. The molecule has 0 radical (unpaired) electrons. The van der Waals surface area contributed by atoms with Crippen molar-refractivity contribution >= 4 is 22.4 Å². The first-order valence-corrected chi connectivity index (χ1v) is 10.4. The number of fused-ring (bicyclic) bond motifs is 1. The van der Waals surface area contributed by atoms with Gasteiger partial charge in [-0.2, -0.15) is 0 Å². The van der Waals surface area contributed by atoms with Crippen molar-refractivity contribution in [3.05, 3.63) is 99.3 Å². The van der Waals surface area contributed by atoms with Gasteiger partial charge in [0.25, 0.3) is 5.56 Å². The highest BCUT2D eigenvalue weighted by Crippen LogP contribution is 2.32. The summed E-state index contributed by atoms with van der Waals surface area (Å²) in [5.41, 5.74) is 2.30. The Bertz CT molecular complexity index is 1460. The van der Waals surface area contributed by atoms with Gasteiger partial charge in [-0.25, -0.2) is 13.6 Å². The van der Waals surface area contributed by atoms with Crippen molar-refractivity contribution in [3.8, 4) is 11.3 Å². The predicted octanol–water partition coefficient (Wildman–Crippen LogP) is 5.66. The number of carboxylic acids is 1. The van der Waals surface area contributed by atoms with Crippen molar-refractivity contribution in [1.29, 1.82) is 0 Å². The van der Waals surface area contributed by atoms with Crippen LogP contribution in [-0.2, 0) is 7.05 Å². The van der Waals surface area contributed by atoms with Crippen LogP contribution in [-0.4, -0.2) is 15.6 Å².